The highest BCUT2D eigenvalue weighted by Crippen LogP contribution is 2.40. The number of fused-ring (bicyclic) bond motifs is 2. The largest absolute Gasteiger partial charge is 0.490 e. The van der Waals surface area contributed by atoms with Crippen LogP contribution >= 0.6 is 0 Å². The number of aliphatic carboxylic acids is 1. The van der Waals surface area contributed by atoms with Gasteiger partial charge in [-0.25, -0.2) is 9.78 Å². The van der Waals surface area contributed by atoms with Crippen molar-refractivity contribution in [2.45, 2.75) is 56.5 Å². The lowest BCUT2D eigenvalue weighted by Gasteiger charge is -2.45. The maximum absolute atomic E-state index is 12.7. The molecule has 2 atom stereocenters. The van der Waals surface area contributed by atoms with Crippen molar-refractivity contribution in [1.82, 2.24) is 19.8 Å². The number of hydrogen-bond acceptors (Lipinski definition) is 6. The van der Waals surface area contributed by atoms with Gasteiger partial charge in [-0.15, -0.1) is 0 Å². The molecule has 2 saturated heterocycles. The quantitative estimate of drug-likeness (QED) is 0.636. The van der Waals surface area contributed by atoms with E-state index in [1.54, 1.807) is 6.20 Å². The Labute approximate surface area is 199 Å². The first-order chi connectivity index (χ1) is 16.6. The van der Waals surface area contributed by atoms with E-state index in [9.17, 15) is 22.8 Å². The number of likely N-dealkylation sites (tertiary alicyclic amines) is 1. The third-order valence-electron chi connectivity index (χ3n) is 6.81. The van der Waals surface area contributed by atoms with E-state index in [1.807, 2.05) is 15.7 Å². The summed E-state index contributed by atoms with van der Waals surface area (Å²) in [6.07, 6.45) is 2.66. The maximum Gasteiger partial charge on any atom is 0.490 e. The second kappa shape index (κ2) is 10.1. The average molecular weight is 502 g/mol. The first-order valence-corrected chi connectivity index (χ1v) is 11.7. The highest BCUT2D eigenvalue weighted by molar-refractivity contribution is 5.81. The molecule has 35 heavy (non-hydrogen) atoms. The Hall–Kier alpha value is -2.67. The molecule has 194 valence electrons. The minimum Gasteiger partial charge on any atom is -0.475 e. The van der Waals surface area contributed by atoms with Crippen molar-refractivity contribution in [3.63, 3.8) is 0 Å². The van der Waals surface area contributed by atoms with Gasteiger partial charge in [-0.05, 0) is 25.2 Å². The molecule has 13 heteroatoms. The van der Waals surface area contributed by atoms with Gasteiger partial charge in [0.2, 0.25) is 5.91 Å². The van der Waals surface area contributed by atoms with Crippen LogP contribution in [-0.4, -0.2) is 82.5 Å². The number of imidazole rings is 1. The summed E-state index contributed by atoms with van der Waals surface area (Å²) in [5, 5.41) is 10.2. The van der Waals surface area contributed by atoms with Gasteiger partial charge in [0.1, 0.15) is 11.4 Å². The van der Waals surface area contributed by atoms with E-state index in [2.05, 4.69) is 10.3 Å². The third-order valence-corrected chi connectivity index (χ3v) is 6.81. The van der Waals surface area contributed by atoms with Gasteiger partial charge in [0.15, 0.2) is 6.10 Å². The van der Waals surface area contributed by atoms with Gasteiger partial charge in [0, 0.05) is 51.5 Å². The Bertz CT molecular complexity index is 934. The van der Waals surface area contributed by atoms with Gasteiger partial charge in [0.05, 0.1) is 19.1 Å². The van der Waals surface area contributed by atoms with Crippen LogP contribution in [0.15, 0.2) is 12.4 Å². The normalized spacial score (nSPS) is 25.4. The third kappa shape index (κ3) is 5.95. The van der Waals surface area contributed by atoms with Crippen molar-refractivity contribution in [1.29, 1.82) is 0 Å². The van der Waals surface area contributed by atoms with Crippen molar-refractivity contribution in [2.75, 3.05) is 32.8 Å². The molecule has 0 bridgehead atoms. The summed E-state index contributed by atoms with van der Waals surface area (Å²) in [4.78, 5) is 40.8. The molecule has 0 radical (unpaired) electrons. The molecule has 1 aliphatic carbocycles. The summed E-state index contributed by atoms with van der Waals surface area (Å²) in [7, 11) is 0. The fraction of sp³-hybridized carbons (Fsp3) is 0.727. The van der Waals surface area contributed by atoms with Crippen molar-refractivity contribution < 1.29 is 42.1 Å². The smallest absolute Gasteiger partial charge is 0.475 e. The zero-order chi connectivity index (χ0) is 25.2. The van der Waals surface area contributed by atoms with Gasteiger partial charge in [-0.3, -0.25) is 9.59 Å². The van der Waals surface area contributed by atoms with Gasteiger partial charge in [-0.1, -0.05) is 0 Å². The highest BCUT2D eigenvalue weighted by Gasteiger charge is 2.48. The van der Waals surface area contributed by atoms with Crippen LogP contribution in [0.1, 0.15) is 37.9 Å². The number of hydrogen-bond donors (Lipinski definition) is 2. The minimum atomic E-state index is -5.08. The Balaban J connectivity index is 0.000000364. The van der Waals surface area contributed by atoms with Crippen LogP contribution in [0.4, 0.5) is 13.2 Å². The molecule has 3 aliphatic heterocycles. The standard InChI is InChI=1S/C20H28N4O4.C2HF3O2/c25-17(22-11-14-1-2-14)16-12-24-9-6-21-19(24)20(28-16)4-7-23(8-5-20)18(26)15-3-10-27-13-15;3-2(4,5)1(6)7/h6,9,14-16H,1-5,7-8,10-13H2,(H,22,25);(H,6,7). The zero-order valence-corrected chi connectivity index (χ0v) is 19.1. The van der Waals surface area contributed by atoms with E-state index in [0.717, 1.165) is 18.8 Å². The predicted octanol–water partition coefficient (Wildman–Crippen LogP) is 1.30. The minimum absolute atomic E-state index is 0.00994. The molecule has 1 aromatic heterocycles. The molecule has 3 fully saturated rings. The van der Waals surface area contributed by atoms with Crippen molar-refractivity contribution in [3.8, 4) is 0 Å². The highest BCUT2D eigenvalue weighted by atomic mass is 19.4. The molecular weight excluding hydrogens is 473 g/mol. The molecule has 2 N–H and O–H groups in total. The number of amides is 2. The monoisotopic (exact) mass is 502 g/mol. The summed E-state index contributed by atoms with van der Waals surface area (Å²) in [5.41, 5.74) is -0.591. The average Bonchev–Trinajstić information content (AvgIpc) is 3.26. The SMILES string of the molecule is O=C(NCC1CC1)C1Cn2ccnc2C2(CCN(C(=O)C3CCOC3)CC2)O1.O=C(O)C(F)(F)F. The van der Waals surface area contributed by atoms with Crippen LogP contribution in [0.2, 0.25) is 0 Å². The second-order valence-electron chi connectivity index (χ2n) is 9.38. The van der Waals surface area contributed by atoms with Crippen LogP contribution < -0.4 is 5.32 Å². The number of piperidine rings is 1. The number of carbonyl (C=O) groups excluding carboxylic acids is 2. The lowest BCUT2D eigenvalue weighted by atomic mass is 9.87. The molecule has 10 nitrogen and oxygen atoms in total. The van der Waals surface area contributed by atoms with Crippen LogP contribution in [0.3, 0.4) is 0 Å². The summed E-state index contributed by atoms with van der Waals surface area (Å²) >= 11 is 0. The molecule has 5 rings (SSSR count). The van der Waals surface area contributed by atoms with Crippen molar-refractivity contribution in [3.05, 3.63) is 18.2 Å². The first kappa shape index (κ1) is 25.4. The number of carboxylic acids is 1. The van der Waals surface area contributed by atoms with E-state index in [1.165, 1.54) is 12.8 Å². The van der Waals surface area contributed by atoms with Crippen LogP contribution in [0.25, 0.3) is 0 Å². The van der Waals surface area contributed by atoms with E-state index >= 15 is 0 Å². The van der Waals surface area contributed by atoms with Gasteiger partial charge in [-0.2, -0.15) is 13.2 Å². The summed E-state index contributed by atoms with van der Waals surface area (Å²) < 4.78 is 45.6. The number of ether oxygens (including phenoxy) is 2. The molecule has 2 unspecified atom stereocenters. The molecule has 4 aliphatic rings. The predicted molar refractivity (Wildman–Crippen MR) is 113 cm³/mol. The Morgan fingerprint density at radius 3 is 2.46 bits per heavy atom. The Morgan fingerprint density at radius 2 is 1.89 bits per heavy atom. The van der Waals surface area contributed by atoms with E-state index < -0.39 is 23.9 Å². The molecule has 1 aromatic rings. The topological polar surface area (TPSA) is 123 Å². The molecular formula is C22H29F3N4O6. The Morgan fingerprint density at radius 1 is 1.20 bits per heavy atom. The number of alkyl halides is 3. The summed E-state index contributed by atoms with van der Waals surface area (Å²) in [6, 6.07) is 0. The first-order valence-electron chi connectivity index (χ1n) is 11.7. The van der Waals surface area contributed by atoms with E-state index in [4.69, 9.17) is 19.4 Å². The molecule has 1 spiro atoms. The number of halogens is 3. The summed E-state index contributed by atoms with van der Waals surface area (Å²) in [6.45, 7) is 3.69. The fourth-order valence-electron chi connectivity index (χ4n) is 4.63. The fourth-order valence-corrected chi connectivity index (χ4v) is 4.63. The second-order valence-corrected chi connectivity index (χ2v) is 9.38. The van der Waals surface area contributed by atoms with Crippen LogP contribution in [0.5, 0.6) is 0 Å². The molecule has 4 heterocycles. The number of carboxylic acid groups (broad SMARTS) is 1. The number of rotatable bonds is 4. The van der Waals surface area contributed by atoms with E-state index in [-0.39, 0.29) is 17.7 Å². The number of aromatic nitrogens is 2. The van der Waals surface area contributed by atoms with Crippen molar-refractivity contribution in [2.24, 2.45) is 11.8 Å². The lowest BCUT2D eigenvalue weighted by Crippen LogP contribution is -2.55. The Kier molecular flexibility index (Phi) is 7.36. The number of nitrogens with zero attached hydrogens (tertiary/aromatic N) is 3. The lowest BCUT2D eigenvalue weighted by molar-refractivity contribution is -0.192. The van der Waals surface area contributed by atoms with Crippen LogP contribution in [-0.2, 0) is 36.0 Å². The molecule has 2 amide bonds. The van der Waals surface area contributed by atoms with Crippen molar-refractivity contribution >= 4 is 17.8 Å². The summed E-state index contributed by atoms with van der Waals surface area (Å²) in [5.74, 6) is -1.09. The van der Waals surface area contributed by atoms with Gasteiger partial charge < -0.3 is 29.4 Å². The zero-order valence-electron chi connectivity index (χ0n) is 19.1. The van der Waals surface area contributed by atoms with Gasteiger partial charge in [0.25, 0.3) is 5.91 Å². The van der Waals surface area contributed by atoms with E-state index in [0.29, 0.717) is 51.6 Å². The number of nitrogens with one attached hydrogen (secondary N) is 1. The maximum atomic E-state index is 12.7. The molecule has 1 saturated carbocycles. The number of carbonyl (C=O) groups is 3. The van der Waals surface area contributed by atoms with Gasteiger partial charge >= 0.3 is 12.1 Å². The molecule has 0 aromatic carbocycles. The van der Waals surface area contributed by atoms with Crippen LogP contribution in [0, 0.1) is 11.8 Å².